The van der Waals surface area contributed by atoms with Gasteiger partial charge < -0.3 is 5.32 Å². The summed E-state index contributed by atoms with van der Waals surface area (Å²) in [5.41, 5.74) is -0.0114. The van der Waals surface area contributed by atoms with E-state index >= 15 is 0 Å². The molecular weight excluding hydrogens is 204 g/mol. The van der Waals surface area contributed by atoms with Crippen molar-refractivity contribution in [3.05, 3.63) is 16.6 Å². The molecule has 1 atom stereocenters. The molecule has 2 nitrogen and oxygen atoms in total. The number of hydrogen-bond donors (Lipinski definition) is 1. The Morgan fingerprint density at radius 1 is 1.40 bits per heavy atom. The van der Waals surface area contributed by atoms with Crippen molar-refractivity contribution in [2.24, 2.45) is 5.92 Å². The van der Waals surface area contributed by atoms with Gasteiger partial charge in [-0.3, -0.25) is 0 Å². The Kier molecular flexibility index (Phi) is 4.29. The number of nitrogens with zero attached hydrogens (tertiary/aromatic N) is 1. The maximum atomic E-state index is 4.38. The zero-order valence-electron chi connectivity index (χ0n) is 10.4. The monoisotopic (exact) mass is 226 g/mol. The Morgan fingerprint density at radius 3 is 2.53 bits per heavy atom. The average Bonchev–Trinajstić information content (AvgIpc) is 2.51. The summed E-state index contributed by atoms with van der Waals surface area (Å²) in [4.78, 5) is 4.38. The van der Waals surface area contributed by atoms with Gasteiger partial charge in [0, 0.05) is 17.6 Å². The fourth-order valence-corrected chi connectivity index (χ4v) is 2.70. The second-order valence-corrected chi connectivity index (χ2v) is 6.03. The molecule has 0 amide bonds. The fourth-order valence-electron chi connectivity index (χ4n) is 1.98. The maximum Gasteiger partial charge on any atom is 0.112 e. The van der Waals surface area contributed by atoms with Gasteiger partial charge in [0.2, 0.25) is 0 Å². The largest absolute Gasteiger partial charge is 0.303 e. The van der Waals surface area contributed by atoms with Crippen LogP contribution in [0.5, 0.6) is 0 Å². The zero-order chi connectivity index (χ0) is 11.5. The highest BCUT2D eigenvalue weighted by Gasteiger charge is 2.24. The number of nitrogens with one attached hydrogen (secondary N) is 1. The molecule has 1 N–H and O–H groups in total. The molecule has 0 radical (unpaired) electrons. The second kappa shape index (κ2) is 5.08. The van der Waals surface area contributed by atoms with E-state index in [4.69, 9.17) is 0 Å². The quantitative estimate of drug-likeness (QED) is 0.832. The molecule has 1 unspecified atom stereocenters. The van der Waals surface area contributed by atoms with E-state index in [2.05, 4.69) is 44.9 Å². The third-order valence-electron chi connectivity index (χ3n) is 2.40. The van der Waals surface area contributed by atoms with Crippen LogP contribution < -0.4 is 5.32 Å². The van der Waals surface area contributed by atoms with Crippen molar-refractivity contribution in [1.82, 2.24) is 10.3 Å². The van der Waals surface area contributed by atoms with Crippen molar-refractivity contribution >= 4 is 11.3 Å². The van der Waals surface area contributed by atoms with E-state index < -0.39 is 0 Å². The van der Waals surface area contributed by atoms with Crippen molar-refractivity contribution < 1.29 is 0 Å². The zero-order valence-corrected chi connectivity index (χ0v) is 11.2. The molecule has 1 rings (SSSR count). The van der Waals surface area contributed by atoms with Crippen molar-refractivity contribution in [3.63, 3.8) is 0 Å². The summed E-state index contributed by atoms with van der Waals surface area (Å²) in [6, 6.07) is 0.531. The lowest BCUT2D eigenvalue weighted by molar-refractivity contribution is 0.320. The van der Waals surface area contributed by atoms with E-state index in [-0.39, 0.29) is 5.54 Å². The summed E-state index contributed by atoms with van der Waals surface area (Å²) < 4.78 is 0. The van der Waals surface area contributed by atoms with Crippen LogP contribution in [0.25, 0.3) is 0 Å². The Morgan fingerprint density at radius 2 is 2.07 bits per heavy atom. The molecule has 86 valence electrons. The molecule has 1 aromatic heterocycles. The number of hydrogen-bond acceptors (Lipinski definition) is 3. The minimum atomic E-state index is -0.0114. The van der Waals surface area contributed by atoms with Crippen LogP contribution in [-0.4, -0.2) is 11.0 Å². The first kappa shape index (κ1) is 12.7. The molecule has 0 aliphatic heterocycles. The molecule has 0 saturated heterocycles. The first-order valence-corrected chi connectivity index (χ1v) is 6.47. The van der Waals surface area contributed by atoms with E-state index in [1.165, 1.54) is 6.42 Å². The van der Waals surface area contributed by atoms with Gasteiger partial charge in [-0.05, 0) is 33.1 Å². The normalized spacial score (nSPS) is 14.5. The first-order chi connectivity index (χ1) is 6.92. The molecule has 1 aromatic rings. The van der Waals surface area contributed by atoms with Gasteiger partial charge in [0.25, 0.3) is 0 Å². The highest BCUT2D eigenvalue weighted by Crippen LogP contribution is 2.23. The third kappa shape index (κ3) is 3.92. The van der Waals surface area contributed by atoms with Gasteiger partial charge in [-0.25, -0.2) is 4.98 Å². The van der Waals surface area contributed by atoms with E-state index in [1.807, 2.05) is 11.6 Å². The van der Waals surface area contributed by atoms with Gasteiger partial charge in [-0.1, -0.05) is 13.8 Å². The van der Waals surface area contributed by atoms with E-state index in [0.29, 0.717) is 6.04 Å². The summed E-state index contributed by atoms with van der Waals surface area (Å²) in [5, 5.41) is 6.84. The first-order valence-electron chi connectivity index (χ1n) is 5.59. The minimum absolute atomic E-state index is 0.0114. The molecule has 0 spiro atoms. The van der Waals surface area contributed by atoms with E-state index in [9.17, 15) is 0 Å². The minimum Gasteiger partial charge on any atom is -0.303 e. The summed E-state index contributed by atoms with van der Waals surface area (Å²) in [7, 11) is 0. The van der Waals surface area contributed by atoms with E-state index in [1.54, 1.807) is 11.3 Å². The molecule has 3 heteroatoms. The highest BCUT2D eigenvalue weighted by atomic mass is 32.1. The van der Waals surface area contributed by atoms with Crippen LogP contribution in [-0.2, 0) is 5.54 Å². The highest BCUT2D eigenvalue weighted by molar-refractivity contribution is 7.09. The summed E-state index contributed by atoms with van der Waals surface area (Å²) in [6.07, 6.45) is 3.07. The average molecular weight is 226 g/mol. The lowest BCUT2D eigenvalue weighted by Crippen LogP contribution is -2.42. The maximum absolute atomic E-state index is 4.38. The van der Waals surface area contributed by atoms with Crippen LogP contribution in [0.3, 0.4) is 0 Å². The van der Waals surface area contributed by atoms with Gasteiger partial charge in [0.15, 0.2) is 0 Å². The molecule has 0 saturated carbocycles. The summed E-state index contributed by atoms with van der Waals surface area (Å²) in [6.45, 7) is 11.2. The molecule has 0 aromatic carbocycles. The lowest BCUT2D eigenvalue weighted by atomic mass is 10.0. The summed E-state index contributed by atoms with van der Waals surface area (Å²) >= 11 is 1.72. The van der Waals surface area contributed by atoms with Crippen LogP contribution >= 0.6 is 11.3 Å². The van der Waals surface area contributed by atoms with Gasteiger partial charge in [-0.15, -0.1) is 11.3 Å². The van der Waals surface area contributed by atoms with E-state index in [0.717, 1.165) is 10.9 Å². The molecule has 0 fully saturated rings. The Labute approximate surface area is 97.1 Å². The van der Waals surface area contributed by atoms with Crippen LogP contribution in [0.4, 0.5) is 0 Å². The molecule has 0 aliphatic carbocycles. The number of thiazole rings is 1. The Bertz CT molecular complexity index is 278. The number of rotatable bonds is 5. The van der Waals surface area contributed by atoms with Gasteiger partial charge in [-0.2, -0.15) is 0 Å². The molecule has 15 heavy (non-hydrogen) atoms. The molecular formula is C12H22N2S. The predicted molar refractivity (Wildman–Crippen MR) is 67.2 cm³/mol. The standard InChI is InChI=1S/C12H22N2S/c1-9(2)8-10(3)14-12(4,5)11-13-6-7-15-11/h6-7,9-10,14H,8H2,1-5H3. The Balaban J connectivity index is 2.56. The lowest BCUT2D eigenvalue weighted by Gasteiger charge is -2.29. The van der Waals surface area contributed by atoms with Crippen molar-refractivity contribution in [2.75, 3.05) is 0 Å². The predicted octanol–water partition coefficient (Wildman–Crippen LogP) is 3.40. The summed E-state index contributed by atoms with van der Waals surface area (Å²) in [5.74, 6) is 0.736. The van der Waals surface area contributed by atoms with Crippen LogP contribution in [0.1, 0.15) is 46.0 Å². The van der Waals surface area contributed by atoms with Crippen LogP contribution in [0.15, 0.2) is 11.6 Å². The number of aromatic nitrogens is 1. The van der Waals surface area contributed by atoms with Crippen molar-refractivity contribution in [3.8, 4) is 0 Å². The second-order valence-electron chi connectivity index (χ2n) is 5.14. The molecule has 0 bridgehead atoms. The SMILES string of the molecule is CC(C)CC(C)NC(C)(C)c1nccs1. The van der Waals surface area contributed by atoms with Crippen LogP contribution in [0, 0.1) is 5.92 Å². The van der Waals surface area contributed by atoms with Crippen molar-refractivity contribution in [1.29, 1.82) is 0 Å². The van der Waals surface area contributed by atoms with Gasteiger partial charge in [0.05, 0.1) is 5.54 Å². The molecule has 0 aliphatic rings. The fraction of sp³-hybridized carbons (Fsp3) is 0.750. The topological polar surface area (TPSA) is 24.9 Å². The third-order valence-corrected chi connectivity index (χ3v) is 3.50. The Hall–Kier alpha value is -0.410. The van der Waals surface area contributed by atoms with Gasteiger partial charge >= 0.3 is 0 Å². The van der Waals surface area contributed by atoms with Gasteiger partial charge in [0.1, 0.15) is 5.01 Å². The van der Waals surface area contributed by atoms with Crippen molar-refractivity contribution in [2.45, 2.75) is 52.6 Å². The van der Waals surface area contributed by atoms with Crippen LogP contribution in [0.2, 0.25) is 0 Å². The molecule has 1 heterocycles. The smallest absolute Gasteiger partial charge is 0.112 e.